The van der Waals surface area contributed by atoms with Crippen LogP contribution in [0.4, 0.5) is 0 Å². The van der Waals surface area contributed by atoms with Gasteiger partial charge >= 0.3 is 0 Å². The third kappa shape index (κ3) is 6.15. The van der Waals surface area contributed by atoms with Crippen molar-refractivity contribution in [3.8, 4) is 22.9 Å². The van der Waals surface area contributed by atoms with Crippen LogP contribution in [0.15, 0.2) is 52.7 Å². The molecule has 1 aliphatic carbocycles. The van der Waals surface area contributed by atoms with E-state index < -0.39 is 0 Å². The lowest BCUT2D eigenvalue weighted by Gasteiger charge is -2.25. The lowest BCUT2D eigenvalue weighted by Crippen LogP contribution is -2.22. The normalized spacial score (nSPS) is 14.7. The Morgan fingerprint density at radius 2 is 1.94 bits per heavy atom. The largest absolute Gasteiger partial charge is 0.504 e. The summed E-state index contributed by atoms with van der Waals surface area (Å²) in [6, 6.07) is 12.8. The van der Waals surface area contributed by atoms with E-state index >= 15 is 0 Å². The van der Waals surface area contributed by atoms with E-state index in [9.17, 15) is 9.90 Å². The SMILES string of the molecule is COc1cc(/C(C)=N\NC(=O)CSc2nnc(-c3ccc(Cl)cc3)n2C2CCCCC2)ccc1O. The molecule has 3 aromatic rings. The molecule has 0 saturated heterocycles. The molecule has 1 heterocycles. The molecule has 1 amide bonds. The number of carbonyl (C=O) groups excluding carboxylic acids is 1. The Morgan fingerprint density at radius 1 is 1.20 bits per heavy atom. The fourth-order valence-electron chi connectivity index (χ4n) is 4.12. The lowest BCUT2D eigenvalue weighted by atomic mass is 9.95. The van der Waals surface area contributed by atoms with Crippen LogP contribution in [0.2, 0.25) is 5.02 Å². The molecule has 0 radical (unpaired) electrons. The first-order valence-corrected chi connectivity index (χ1v) is 12.9. The van der Waals surface area contributed by atoms with Crippen LogP contribution in [0.1, 0.15) is 50.6 Å². The number of nitrogens with zero attached hydrogens (tertiary/aromatic N) is 4. The first kappa shape index (κ1) is 25.1. The van der Waals surface area contributed by atoms with E-state index in [2.05, 4.69) is 25.3 Å². The van der Waals surface area contributed by atoms with Gasteiger partial charge in [0.15, 0.2) is 22.5 Å². The average Bonchev–Trinajstić information content (AvgIpc) is 3.31. The van der Waals surface area contributed by atoms with Gasteiger partial charge in [0.05, 0.1) is 18.6 Å². The van der Waals surface area contributed by atoms with E-state index in [-0.39, 0.29) is 17.4 Å². The first-order chi connectivity index (χ1) is 17.0. The molecule has 2 N–H and O–H groups in total. The second-order valence-electron chi connectivity index (χ2n) is 8.38. The molecule has 0 aliphatic heterocycles. The second kappa shape index (κ2) is 11.6. The van der Waals surface area contributed by atoms with Gasteiger partial charge in [0, 0.05) is 22.2 Å². The monoisotopic (exact) mass is 513 g/mol. The summed E-state index contributed by atoms with van der Waals surface area (Å²) in [4.78, 5) is 12.6. The second-order valence-corrected chi connectivity index (χ2v) is 9.76. The predicted molar refractivity (Wildman–Crippen MR) is 138 cm³/mol. The van der Waals surface area contributed by atoms with Gasteiger partial charge in [-0.3, -0.25) is 9.36 Å². The van der Waals surface area contributed by atoms with Crippen LogP contribution in [0, 0.1) is 0 Å². The number of halogens is 1. The molecule has 0 bridgehead atoms. The topological polar surface area (TPSA) is 102 Å². The number of hydrazone groups is 1. The Bertz CT molecular complexity index is 1210. The van der Waals surface area contributed by atoms with Crippen LogP contribution in [-0.2, 0) is 4.79 Å². The summed E-state index contributed by atoms with van der Waals surface area (Å²) in [6.45, 7) is 1.78. The number of rotatable bonds is 8. The molecule has 10 heteroatoms. The van der Waals surface area contributed by atoms with Gasteiger partial charge in [-0.25, -0.2) is 5.43 Å². The number of nitrogens with one attached hydrogen (secondary N) is 1. The third-order valence-electron chi connectivity index (χ3n) is 5.98. The minimum atomic E-state index is -0.244. The summed E-state index contributed by atoms with van der Waals surface area (Å²) in [7, 11) is 1.48. The van der Waals surface area contributed by atoms with Gasteiger partial charge in [0.1, 0.15) is 0 Å². The zero-order valence-corrected chi connectivity index (χ0v) is 21.3. The molecule has 2 aromatic carbocycles. The van der Waals surface area contributed by atoms with Crippen molar-refractivity contribution in [2.45, 2.75) is 50.2 Å². The number of hydrogen-bond donors (Lipinski definition) is 2. The molecule has 1 aliphatic rings. The van der Waals surface area contributed by atoms with Crippen LogP contribution in [0.5, 0.6) is 11.5 Å². The lowest BCUT2D eigenvalue weighted by molar-refractivity contribution is -0.118. The summed E-state index contributed by atoms with van der Waals surface area (Å²) in [5, 5.41) is 24.2. The van der Waals surface area contributed by atoms with Gasteiger partial charge < -0.3 is 9.84 Å². The zero-order chi connectivity index (χ0) is 24.8. The molecule has 8 nitrogen and oxygen atoms in total. The Balaban J connectivity index is 1.46. The Hall–Kier alpha value is -3.04. The number of carbonyl (C=O) groups is 1. The summed E-state index contributed by atoms with van der Waals surface area (Å²) in [6.07, 6.45) is 5.72. The smallest absolute Gasteiger partial charge is 0.250 e. The summed E-state index contributed by atoms with van der Waals surface area (Å²) in [5.74, 6) is 1.10. The summed E-state index contributed by atoms with van der Waals surface area (Å²) in [5.41, 5.74) is 4.88. The van der Waals surface area contributed by atoms with Crippen LogP contribution < -0.4 is 10.2 Å². The molecule has 4 rings (SSSR count). The van der Waals surface area contributed by atoms with E-state index in [1.54, 1.807) is 19.1 Å². The molecular weight excluding hydrogens is 486 g/mol. The maximum absolute atomic E-state index is 12.6. The molecule has 35 heavy (non-hydrogen) atoms. The number of thioether (sulfide) groups is 1. The summed E-state index contributed by atoms with van der Waals surface area (Å²) < 4.78 is 7.31. The number of aromatic hydroxyl groups is 1. The van der Waals surface area contributed by atoms with E-state index in [4.69, 9.17) is 16.3 Å². The van der Waals surface area contributed by atoms with E-state index in [1.807, 2.05) is 24.3 Å². The van der Waals surface area contributed by atoms with Crippen molar-refractivity contribution in [1.29, 1.82) is 0 Å². The number of ether oxygens (including phenoxy) is 1. The van der Waals surface area contributed by atoms with Gasteiger partial charge in [-0.2, -0.15) is 5.10 Å². The highest BCUT2D eigenvalue weighted by Gasteiger charge is 2.24. The molecular formula is C25H28ClN5O3S. The molecule has 1 aromatic heterocycles. The van der Waals surface area contributed by atoms with Crippen molar-refractivity contribution in [2.24, 2.45) is 5.10 Å². The highest BCUT2D eigenvalue weighted by molar-refractivity contribution is 7.99. The van der Waals surface area contributed by atoms with Crippen molar-refractivity contribution in [3.63, 3.8) is 0 Å². The standard InChI is InChI=1S/C25H28ClN5O3S/c1-16(18-10-13-21(32)22(14-18)34-2)27-28-23(33)15-35-25-30-29-24(17-8-11-19(26)12-9-17)31(25)20-6-4-3-5-7-20/h8-14,20,32H,3-7,15H2,1-2H3,(H,28,33)/b27-16-. The molecule has 0 spiro atoms. The Labute approximate surface area is 213 Å². The van der Waals surface area contributed by atoms with Crippen LogP contribution in [0.3, 0.4) is 0 Å². The van der Waals surface area contributed by atoms with Gasteiger partial charge in [0.25, 0.3) is 5.91 Å². The molecule has 0 atom stereocenters. The van der Waals surface area contributed by atoms with Crippen molar-refractivity contribution >= 4 is 35.0 Å². The van der Waals surface area contributed by atoms with E-state index in [1.165, 1.54) is 44.2 Å². The van der Waals surface area contributed by atoms with Crippen molar-refractivity contribution in [3.05, 3.63) is 53.1 Å². The number of phenolic OH excluding ortho intramolecular Hbond substituents is 1. The number of aromatic nitrogens is 3. The van der Waals surface area contributed by atoms with E-state index in [0.717, 1.165) is 34.9 Å². The number of amides is 1. The highest BCUT2D eigenvalue weighted by atomic mass is 35.5. The van der Waals surface area contributed by atoms with Gasteiger partial charge in [-0.1, -0.05) is 42.6 Å². The average molecular weight is 514 g/mol. The Kier molecular flexibility index (Phi) is 8.30. The predicted octanol–water partition coefficient (Wildman–Crippen LogP) is 5.45. The minimum absolute atomic E-state index is 0.0459. The van der Waals surface area contributed by atoms with Crippen LogP contribution >= 0.6 is 23.4 Å². The van der Waals surface area contributed by atoms with Crippen LogP contribution in [0.25, 0.3) is 11.4 Å². The molecule has 1 saturated carbocycles. The number of benzene rings is 2. The molecule has 1 fully saturated rings. The van der Waals surface area contributed by atoms with Crippen molar-refractivity contribution < 1.29 is 14.6 Å². The fourth-order valence-corrected chi connectivity index (χ4v) is 5.04. The zero-order valence-electron chi connectivity index (χ0n) is 19.7. The maximum atomic E-state index is 12.6. The maximum Gasteiger partial charge on any atom is 0.250 e. The van der Waals surface area contributed by atoms with Gasteiger partial charge in [0.2, 0.25) is 0 Å². The first-order valence-electron chi connectivity index (χ1n) is 11.5. The van der Waals surface area contributed by atoms with Crippen molar-refractivity contribution in [1.82, 2.24) is 20.2 Å². The van der Waals surface area contributed by atoms with Crippen molar-refractivity contribution in [2.75, 3.05) is 12.9 Å². The number of methoxy groups -OCH3 is 1. The quantitative estimate of drug-likeness (QED) is 0.236. The fraction of sp³-hybridized carbons (Fsp3) is 0.360. The van der Waals surface area contributed by atoms with Crippen LogP contribution in [-0.4, -0.2) is 44.4 Å². The molecule has 184 valence electrons. The minimum Gasteiger partial charge on any atom is -0.504 e. The Morgan fingerprint density at radius 3 is 2.66 bits per heavy atom. The number of phenols is 1. The van der Waals surface area contributed by atoms with Gasteiger partial charge in [-0.15, -0.1) is 10.2 Å². The highest BCUT2D eigenvalue weighted by Crippen LogP contribution is 2.35. The summed E-state index contributed by atoms with van der Waals surface area (Å²) >= 11 is 7.42. The molecule has 0 unspecified atom stereocenters. The van der Waals surface area contributed by atoms with Gasteiger partial charge in [-0.05, 0) is 62.2 Å². The number of hydrogen-bond acceptors (Lipinski definition) is 7. The third-order valence-corrected chi connectivity index (χ3v) is 7.18. The van der Waals surface area contributed by atoms with E-state index in [0.29, 0.717) is 22.5 Å².